The first-order valence-corrected chi connectivity index (χ1v) is 5.78. The van der Waals surface area contributed by atoms with Crippen LogP contribution in [0.3, 0.4) is 0 Å². The summed E-state index contributed by atoms with van der Waals surface area (Å²) in [6, 6.07) is 6.72. The van der Waals surface area contributed by atoms with E-state index in [2.05, 4.69) is 4.89 Å². The van der Waals surface area contributed by atoms with E-state index in [1.54, 1.807) is 31.2 Å². The van der Waals surface area contributed by atoms with Gasteiger partial charge in [0, 0.05) is 23.6 Å². The molecule has 1 atom stereocenters. The third-order valence-electron chi connectivity index (χ3n) is 3.33. The zero-order chi connectivity index (χ0) is 14.2. The molecule has 1 aliphatic rings. The first-order chi connectivity index (χ1) is 8.91. The Hall–Kier alpha value is -1.98. The van der Waals surface area contributed by atoms with Crippen LogP contribution in [0.1, 0.15) is 36.7 Å². The summed E-state index contributed by atoms with van der Waals surface area (Å²) in [5.41, 5.74) is -0.316. The summed E-state index contributed by atoms with van der Waals surface area (Å²) >= 11 is 0. The first-order valence-electron chi connectivity index (χ1n) is 5.78. The molecule has 0 amide bonds. The van der Waals surface area contributed by atoms with Gasteiger partial charge in [-0.25, -0.2) is 4.89 Å². The van der Waals surface area contributed by atoms with Crippen molar-refractivity contribution in [2.24, 2.45) is 0 Å². The molecule has 0 bridgehead atoms. The van der Waals surface area contributed by atoms with Gasteiger partial charge in [-0.15, -0.1) is 0 Å². The Morgan fingerprint density at radius 3 is 2.37 bits per heavy atom. The summed E-state index contributed by atoms with van der Waals surface area (Å²) in [6.07, 6.45) is 0. The van der Waals surface area contributed by atoms with Crippen molar-refractivity contribution in [3.8, 4) is 0 Å². The first kappa shape index (κ1) is 13.5. The van der Waals surface area contributed by atoms with Gasteiger partial charge in [0.2, 0.25) is 5.78 Å². The van der Waals surface area contributed by atoms with Crippen LogP contribution in [-0.4, -0.2) is 22.6 Å². The molecule has 1 aliphatic carbocycles. The minimum Gasteiger partial charge on any atom is -0.426 e. The second kappa shape index (κ2) is 4.60. The lowest BCUT2D eigenvalue weighted by atomic mass is 9.79. The van der Waals surface area contributed by atoms with Gasteiger partial charge < -0.3 is 4.74 Å². The molecule has 5 nitrogen and oxygen atoms in total. The van der Waals surface area contributed by atoms with E-state index in [1.165, 1.54) is 13.8 Å². The number of Topliss-reactive ketones (excluding diaryl/α,β-unsaturated/α-hetero) is 1. The van der Waals surface area contributed by atoms with Crippen molar-refractivity contribution in [1.82, 2.24) is 0 Å². The van der Waals surface area contributed by atoms with Gasteiger partial charge in [-0.3, -0.25) is 14.8 Å². The van der Waals surface area contributed by atoms with Crippen molar-refractivity contribution in [2.75, 3.05) is 0 Å². The maximum Gasteiger partial charge on any atom is 0.308 e. The molecule has 0 aromatic heterocycles. The summed E-state index contributed by atoms with van der Waals surface area (Å²) in [4.78, 5) is 27.9. The highest BCUT2D eigenvalue weighted by atomic mass is 17.1. The zero-order valence-electron chi connectivity index (χ0n) is 10.9. The quantitative estimate of drug-likeness (QED) is 0.503. The van der Waals surface area contributed by atoms with E-state index in [-0.39, 0.29) is 11.5 Å². The fraction of sp³-hybridized carbons (Fsp3) is 0.286. The number of rotatable bonds is 2. The maximum atomic E-state index is 12.4. The molecule has 0 heterocycles. The van der Waals surface area contributed by atoms with E-state index >= 15 is 0 Å². The van der Waals surface area contributed by atoms with E-state index in [9.17, 15) is 9.59 Å². The highest BCUT2D eigenvalue weighted by Crippen LogP contribution is 2.39. The van der Waals surface area contributed by atoms with E-state index < -0.39 is 11.6 Å². The van der Waals surface area contributed by atoms with Crippen molar-refractivity contribution in [3.05, 3.63) is 41.0 Å². The van der Waals surface area contributed by atoms with Crippen molar-refractivity contribution in [2.45, 2.75) is 26.4 Å². The van der Waals surface area contributed by atoms with Gasteiger partial charge in [-0.2, -0.15) is 0 Å². The minimum atomic E-state index is -1.54. The number of benzene rings is 1. The summed E-state index contributed by atoms with van der Waals surface area (Å²) in [5.74, 6) is -0.628. The average Bonchev–Trinajstić information content (AvgIpc) is 2.41. The molecule has 0 radical (unpaired) electrons. The molecule has 0 fully saturated rings. The predicted octanol–water partition coefficient (Wildman–Crippen LogP) is 2.43. The van der Waals surface area contributed by atoms with Crippen LogP contribution in [0.25, 0.3) is 5.76 Å². The molecule has 0 saturated heterocycles. The summed E-state index contributed by atoms with van der Waals surface area (Å²) in [7, 11) is 0. The minimum absolute atomic E-state index is 0.249. The average molecular weight is 262 g/mol. The van der Waals surface area contributed by atoms with Crippen LogP contribution in [0.2, 0.25) is 0 Å². The molecule has 19 heavy (non-hydrogen) atoms. The standard InChI is InChI=1S/C14H14O5/c1-8-12(18-9(2)15)10-6-4-5-7-11(10)13(16)14(8,3)19-17/h4-7,17H,1-3H3/t14-/m0/s1. The predicted molar refractivity (Wildman–Crippen MR) is 67.3 cm³/mol. The Labute approximate surface area is 110 Å². The lowest BCUT2D eigenvalue weighted by molar-refractivity contribution is -0.288. The number of carbonyl (C=O) groups excluding carboxylic acids is 2. The van der Waals surface area contributed by atoms with Gasteiger partial charge in [0.05, 0.1) is 0 Å². The lowest BCUT2D eigenvalue weighted by Gasteiger charge is -2.32. The molecule has 1 N–H and O–H groups in total. The molecular weight excluding hydrogens is 248 g/mol. The molecule has 2 rings (SSSR count). The Morgan fingerprint density at radius 2 is 1.84 bits per heavy atom. The normalized spacial score (nSPS) is 22.2. The number of carbonyl (C=O) groups is 2. The van der Waals surface area contributed by atoms with Crippen LogP contribution in [0.5, 0.6) is 0 Å². The highest BCUT2D eigenvalue weighted by molar-refractivity contribution is 6.11. The van der Waals surface area contributed by atoms with E-state index in [1.807, 2.05) is 0 Å². The van der Waals surface area contributed by atoms with E-state index in [0.29, 0.717) is 16.7 Å². The molecule has 0 aliphatic heterocycles. The molecule has 5 heteroatoms. The number of hydrogen-bond donors (Lipinski definition) is 1. The van der Waals surface area contributed by atoms with Crippen LogP contribution in [-0.2, 0) is 14.4 Å². The Morgan fingerprint density at radius 1 is 1.26 bits per heavy atom. The van der Waals surface area contributed by atoms with E-state index in [4.69, 9.17) is 9.99 Å². The third-order valence-corrected chi connectivity index (χ3v) is 3.33. The van der Waals surface area contributed by atoms with Crippen LogP contribution in [0, 0.1) is 0 Å². The second-order valence-electron chi connectivity index (χ2n) is 4.55. The Bertz CT molecular complexity index is 587. The smallest absolute Gasteiger partial charge is 0.308 e. The van der Waals surface area contributed by atoms with Gasteiger partial charge in [-0.05, 0) is 13.8 Å². The molecule has 0 spiro atoms. The van der Waals surface area contributed by atoms with Gasteiger partial charge in [-0.1, -0.05) is 24.3 Å². The summed E-state index contributed by atoms with van der Waals surface area (Å²) in [6.45, 7) is 4.29. The number of hydrogen-bond acceptors (Lipinski definition) is 5. The van der Waals surface area contributed by atoms with Crippen LogP contribution >= 0.6 is 0 Å². The number of fused-ring (bicyclic) bond motifs is 1. The maximum absolute atomic E-state index is 12.4. The molecule has 0 saturated carbocycles. The molecule has 0 unspecified atom stereocenters. The molecule has 1 aromatic carbocycles. The SMILES string of the molecule is CC(=O)OC1=C(C)[C@](C)(OO)C(=O)c2ccccc21. The molecule has 1 aromatic rings. The fourth-order valence-corrected chi connectivity index (χ4v) is 2.11. The van der Waals surface area contributed by atoms with Crippen molar-refractivity contribution in [3.63, 3.8) is 0 Å². The van der Waals surface area contributed by atoms with Crippen molar-refractivity contribution >= 4 is 17.5 Å². The number of esters is 1. The lowest BCUT2D eigenvalue weighted by Crippen LogP contribution is -2.42. The van der Waals surface area contributed by atoms with Crippen LogP contribution in [0.4, 0.5) is 0 Å². The second-order valence-corrected chi connectivity index (χ2v) is 4.55. The fourth-order valence-electron chi connectivity index (χ4n) is 2.11. The topological polar surface area (TPSA) is 72.8 Å². The summed E-state index contributed by atoms with van der Waals surface area (Å²) in [5, 5.41) is 9.07. The number of ether oxygens (including phenoxy) is 1. The van der Waals surface area contributed by atoms with Gasteiger partial charge in [0.15, 0.2) is 5.60 Å². The largest absolute Gasteiger partial charge is 0.426 e. The zero-order valence-corrected chi connectivity index (χ0v) is 10.9. The Kier molecular flexibility index (Phi) is 3.26. The van der Waals surface area contributed by atoms with Crippen LogP contribution in [0.15, 0.2) is 29.8 Å². The monoisotopic (exact) mass is 262 g/mol. The number of ketones is 1. The summed E-state index contributed by atoms with van der Waals surface area (Å²) < 4.78 is 5.17. The third kappa shape index (κ3) is 1.97. The highest BCUT2D eigenvalue weighted by Gasteiger charge is 2.45. The van der Waals surface area contributed by atoms with Crippen molar-refractivity contribution < 1.29 is 24.5 Å². The van der Waals surface area contributed by atoms with Gasteiger partial charge >= 0.3 is 5.97 Å². The van der Waals surface area contributed by atoms with E-state index in [0.717, 1.165) is 0 Å². The van der Waals surface area contributed by atoms with Gasteiger partial charge in [0.1, 0.15) is 5.76 Å². The Balaban J connectivity index is 2.71. The molecular formula is C14H14O5. The van der Waals surface area contributed by atoms with Gasteiger partial charge in [0.25, 0.3) is 0 Å². The van der Waals surface area contributed by atoms with Crippen LogP contribution < -0.4 is 0 Å². The molecule has 100 valence electrons. The van der Waals surface area contributed by atoms with Crippen molar-refractivity contribution in [1.29, 1.82) is 0 Å².